The SMILES string of the molecule is CC(C)n1c(=O)c2cnc(Nc3ccc4c(c3)CNCC4)nc2n1-c1cccc(C2CC2)c1C#N. The van der Waals surface area contributed by atoms with Crippen molar-refractivity contribution in [3.63, 3.8) is 0 Å². The normalized spacial score (nSPS) is 15.3. The number of rotatable bonds is 5. The summed E-state index contributed by atoms with van der Waals surface area (Å²) in [5, 5.41) is 17.2. The van der Waals surface area contributed by atoms with E-state index in [0.29, 0.717) is 34.2 Å². The molecule has 1 fully saturated rings. The average Bonchev–Trinajstić information content (AvgIpc) is 3.67. The molecule has 2 aromatic heterocycles. The molecule has 0 atom stereocenters. The van der Waals surface area contributed by atoms with Gasteiger partial charge in [-0.2, -0.15) is 10.2 Å². The lowest BCUT2D eigenvalue weighted by Crippen LogP contribution is -2.24. The van der Waals surface area contributed by atoms with E-state index in [2.05, 4.69) is 33.8 Å². The van der Waals surface area contributed by atoms with Crippen LogP contribution in [0.3, 0.4) is 0 Å². The molecule has 176 valence electrons. The van der Waals surface area contributed by atoms with Crippen molar-refractivity contribution in [1.82, 2.24) is 24.6 Å². The summed E-state index contributed by atoms with van der Waals surface area (Å²) < 4.78 is 3.47. The highest BCUT2D eigenvalue weighted by molar-refractivity contribution is 5.78. The zero-order valence-electron chi connectivity index (χ0n) is 19.9. The van der Waals surface area contributed by atoms with Gasteiger partial charge in [0.2, 0.25) is 5.95 Å². The van der Waals surface area contributed by atoms with E-state index in [9.17, 15) is 10.1 Å². The van der Waals surface area contributed by atoms with Crippen LogP contribution >= 0.6 is 0 Å². The summed E-state index contributed by atoms with van der Waals surface area (Å²) in [6.45, 7) is 5.76. The van der Waals surface area contributed by atoms with Crippen LogP contribution in [0.4, 0.5) is 11.6 Å². The van der Waals surface area contributed by atoms with Crippen molar-refractivity contribution in [2.24, 2.45) is 0 Å². The molecule has 1 saturated carbocycles. The fraction of sp³-hybridized carbons (Fsp3) is 0.333. The van der Waals surface area contributed by atoms with Crippen LogP contribution in [0, 0.1) is 11.3 Å². The number of benzene rings is 2. The molecule has 1 aliphatic carbocycles. The Hall–Kier alpha value is -3.96. The molecule has 0 radical (unpaired) electrons. The Morgan fingerprint density at radius 2 is 2.06 bits per heavy atom. The topological polar surface area (TPSA) is 101 Å². The predicted octanol–water partition coefficient (Wildman–Crippen LogP) is 4.30. The second-order valence-electron chi connectivity index (χ2n) is 9.65. The van der Waals surface area contributed by atoms with E-state index in [1.807, 2.05) is 38.1 Å². The first kappa shape index (κ1) is 21.6. The minimum atomic E-state index is -0.165. The van der Waals surface area contributed by atoms with Crippen molar-refractivity contribution < 1.29 is 0 Å². The summed E-state index contributed by atoms with van der Waals surface area (Å²) in [5.41, 5.74) is 6.18. The minimum Gasteiger partial charge on any atom is -0.324 e. The second-order valence-corrected chi connectivity index (χ2v) is 9.65. The van der Waals surface area contributed by atoms with Crippen LogP contribution in [-0.4, -0.2) is 25.9 Å². The number of fused-ring (bicyclic) bond motifs is 2. The van der Waals surface area contributed by atoms with Crippen molar-refractivity contribution in [3.8, 4) is 11.8 Å². The summed E-state index contributed by atoms with van der Waals surface area (Å²) in [5.74, 6) is 0.823. The zero-order valence-corrected chi connectivity index (χ0v) is 19.9. The molecule has 0 unspecified atom stereocenters. The first-order valence-corrected chi connectivity index (χ1v) is 12.2. The predicted molar refractivity (Wildman–Crippen MR) is 135 cm³/mol. The Balaban J connectivity index is 1.50. The fourth-order valence-corrected chi connectivity index (χ4v) is 5.03. The molecule has 0 bridgehead atoms. The van der Waals surface area contributed by atoms with Crippen LogP contribution < -0.4 is 16.2 Å². The molecule has 6 rings (SSSR count). The fourth-order valence-electron chi connectivity index (χ4n) is 5.03. The van der Waals surface area contributed by atoms with Crippen LogP contribution in [0.15, 0.2) is 47.4 Å². The summed E-state index contributed by atoms with van der Waals surface area (Å²) in [4.78, 5) is 22.6. The Morgan fingerprint density at radius 3 is 2.83 bits per heavy atom. The van der Waals surface area contributed by atoms with Crippen molar-refractivity contribution in [2.75, 3.05) is 11.9 Å². The number of aromatic nitrogens is 4. The second kappa shape index (κ2) is 8.36. The van der Waals surface area contributed by atoms with Crippen LogP contribution in [0.1, 0.15) is 60.9 Å². The molecule has 0 spiro atoms. The van der Waals surface area contributed by atoms with E-state index in [-0.39, 0.29) is 11.6 Å². The molecule has 2 aromatic carbocycles. The molecule has 4 aromatic rings. The maximum absolute atomic E-state index is 13.4. The van der Waals surface area contributed by atoms with Gasteiger partial charge in [-0.15, -0.1) is 0 Å². The Bertz CT molecular complexity index is 1550. The first-order valence-electron chi connectivity index (χ1n) is 12.2. The number of hydrogen-bond acceptors (Lipinski definition) is 6. The number of hydrogen-bond donors (Lipinski definition) is 2. The summed E-state index contributed by atoms with van der Waals surface area (Å²) in [6, 6.07) is 14.5. The van der Waals surface area contributed by atoms with E-state index < -0.39 is 0 Å². The van der Waals surface area contributed by atoms with Crippen molar-refractivity contribution in [3.05, 3.63) is 75.2 Å². The quantitative estimate of drug-likeness (QED) is 0.456. The standard InChI is InChI=1S/C27H27N7O/c1-16(2)33-26(35)23-15-30-27(31-20-9-8-17-10-11-29-14-19(17)12-20)32-25(23)34(33)24-5-3-4-21(18-6-7-18)22(24)13-28/h3-5,8-9,12,15-16,18,29H,6-7,10-11,14H2,1-2H3,(H,30,31,32). The van der Waals surface area contributed by atoms with Gasteiger partial charge in [0, 0.05) is 24.5 Å². The third kappa shape index (κ3) is 3.69. The van der Waals surface area contributed by atoms with Gasteiger partial charge in [-0.05, 0) is 80.5 Å². The molecular weight excluding hydrogens is 438 g/mol. The summed E-state index contributed by atoms with van der Waals surface area (Å²) in [6.07, 6.45) is 4.79. The third-order valence-electron chi connectivity index (χ3n) is 6.89. The van der Waals surface area contributed by atoms with Crippen LogP contribution in [-0.2, 0) is 13.0 Å². The maximum Gasteiger partial charge on any atom is 0.278 e. The van der Waals surface area contributed by atoms with E-state index >= 15 is 0 Å². The van der Waals surface area contributed by atoms with Gasteiger partial charge in [0.25, 0.3) is 5.56 Å². The molecule has 1 aliphatic heterocycles. The van der Waals surface area contributed by atoms with Crippen molar-refractivity contribution in [2.45, 2.75) is 51.6 Å². The Labute approximate surface area is 203 Å². The lowest BCUT2D eigenvalue weighted by Gasteiger charge is -2.18. The van der Waals surface area contributed by atoms with E-state index in [0.717, 1.165) is 43.6 Å². The molecule has 8 heteroatoms. The van der Waals surface area contributed by atoms with Gasteiger partial charge in [-0.3, -0.25) is 4.79 Å². The maximum atomic E-state index is 13.4. The van der Waals surface area contributed by atoms with Gasteiger partial charge in [0.05, 0.1) is 11.3 Å². The Morgan fingerprint density at radius 1 is 1.20 bits per heavy atom. The lowest BCUT2D eigenvalue weighted by molar-refractivity contribution is 0.475. The van der Waals surface area contributed by atoms with Gasteiger partial charge < -0.3 is 10.6 Å². The molecule has 2 N–H and O–H groups in total. The van der Waals surface area contributed by atoms with Crippen LogP contribution in [0.5, 0.6) is 0 Å². The van der Waals surface area contributed by atoms with Crippen molar-refractivity contribution >= 4 is 22.7 Å². The molecule has 2 aliphatic rings. The monoisotopic (exact) mass is 465 g/mol. The van der Waals surface area contributed by atoms with E-state index in [4.69, 9.17) is 4.98 Å². The van der Waals surface area contributed by atoms with Crippen LogP contribution in [0.25, 0.3) is 16.7 Å². The van der Waals surface area contributed by atoms with Gasteiger partial charge >= 0.3 is 0 Å². The van der Waals surface area contributed by atoms with Gasteiger partial charge in [0.1, 0.15) is 11.5 Å². The number of anilines is 2. The highest BCUT2D eigenvalue weighted by Gasteiger charge is 2.29. The molecule has 0 amide bonds. The third-order valence-corrected chi connectivity index (χ3v) is 6.89. The molecular formula is C27H27N7O. The number of nitrogens with one attached hydrogen (secondary N) is 2. The summed E-state index contributed by atoms with van der Waals surface area (Å²) >= 11 is 0. The number of nitrogens with zero attached hydrogens (tertiary/aromatic N) is 5. The zero-order chi connectivity index (χ0) is 24.1. The number of nitriles is 1. The smallest absolute Gasteiger partial charge is 0.278 e. The lowest BCUT2D eigenvalue weighted by atomic mass is 10.0. The molecule has 0 saturated heterocycles. The van der Waals surface area contributed by atoms with Gasteiger partial charge in [-0.1, -0.05) is 18.2 Å². The molecule has 3 heterocycles. The minimum absolute atomic E-state index is 0.127. The van der Waals surface area contributed by atoms with Gasteiger partial charge in [-0.25, -0.2) is 14.3 Å². The van der Waals surface area contributed by atoms with Crippen LogP contribution in [0.2, 0.25) is 0 Å². The highest BCUT2D eigenvalue weighted by atomic mass is 16.1. The highest BCUT2D eigenvalue weighted by Crippen LogP contribution is 2.42. The summed E-state index contributed by atoms with van der Waals surface area (Å²) in [7, 11) is 0. The molecule has 8 nitrogen and oxygen atoms in total. The van der Waals surface area contributed by atoms with Crippen molar-refractivity contribution in [1.29, 1.82) is 5.26 Å². The molecule has 35 heavy (non-hydrogen) atoms. The average molecular weight is 466 g/mol. The van der Waals surface area contributed by atoms with E-state index in [1.165, 1.54) is 11.1 Å². The Kier molecular flexibility index (Phi) is 5.15. The first-order chi connectivity index (χ1) is 17.0. The van der Waals surface area contributed by atoms with E-state index in [1.54, 1.807) is 15.6 Å². The largest absolute Gasteiger partial charge is 0.324 e. The van der Waals surface area contributed by atoms with Gasteiger partial charge in [0.15, 0.2) is 5.65 Å².